The number of carbonyl (C=O) groups is 3. The summed E-state index contributed by atoms with van der Waals surface area (Å²) in [5.41, 5.74) is 2.56. The van der Waals surface area contributed by atoms with Gasteiger partial charge in [-0.1, -0.05) is 41.9 Å². The Hall–Kier alpha value is -2.67. The number of benzene rings is 2. The number of hydrogen-bond acceptors (Lipinski definition) is 4. The van der Waals surface area contributed by atoms with Crippen LogP contribution in [0.2, 0.25) is 5.02 Å². The molecule has 1 saturated carbocycles. The highest BCUT2D eigenvalue weighted by atomic mass is 35.5. The van der Waals surface area contributed by atoms with Crippen molar-refractivity contribution in [3.05, 3.63) is 58.1 Å². The van der Waals surface area contributed by atoms with Crippen LogP contribution in [-0.4, -0.2) is 30.8 Å². The summed E-state index contributed by atoms with van der Waals surface area (Å²) in [7, 11) is 1.29. The lowest BCUT2D eigenvalue weighted by Gasteiger charge is -2.18. The first-order valence-corrected chi connectivity index (χ1v) is 11.1. The van der Waals surface area contributed by atoms with E-state index >= 15 is 0 Å². The molecule has 0 spiro atoms. The summed E-state index contributed by atoms with van der Waals surface area (Å²) in [6.45, 7) is 0. The molecule has 2 aromatic rings. The second-order valence-corrected chi connectivity index (χ2v) is 9.22. The minimum absolute atomic E-state index is 0.0977. The number of ether oxygens (including phenoxy) is 1. The molecule has 2 aliphatic carbocycles. The fourth-order valence-electron chi connectivity index (χ4n) is 4.71. The summed E-state index contributed by atoms with van der Waals surface area (Å²) in [6.07, 6.45) is -3.46. The van der Waals surface area contributed by atoms with Crippen LogP contribution < -0.4 is 0 Å². The van der Waals surface area contributed by atoms with E-state index in [0.29, 0.717) is 31.2 Å². The Bertz CT molecular complexity index is 1130. The van der Waals surface area contributed by atoms with E-state index in [2.05, 4.69) is 0 Å². The second-order valence-electron chi connectivity index (χ2n) is 8.81. The molecular formula is C25H22ClF3O4. The first-order valence-electron chi connectivity index (χ1n) is 10.7. The molecule has 4 nitrogen and oxygen atoms in total. The lowest BCUT2D eigenvalue weighted by atomic mass is 9.85. The highest BCUT2D eigenvalue weighted by Gasteiger charge is 2.54. The molecule has 0 amide bonds. The van der Waals surface area contributed by atoms with Crippen molar-refractivity contribution in [3.63, 3.8) is 0 Å². The van der Waals surface area contributed by atoms with Gasteiger partial charge >= 0.3 is 12.1 Å². The van der Waals surface area contributed by atoms with Crippen molar-refractivity contribution in [2.24, 2.45) is 5.41 Å². The number of hydrogen-bond donors (Lipinski definition) is 0. The van der Waals surface area contributed by atoms with Crippen molar-refractivity contribution in [2.45, 2.75) is 50.6 Å². The topological polar surface area (TPSA) is 60.4 Å². The van der Waals surface area contributed by atoms with Crippen molar-refractivity contribution in [1.82, 2.24) is 0 Å². The number of ketones is 2. The minimum atomic E-state index is -4.91. The number of methoxy groups -OCH3 is 1. The molecule has 1 fully saturated rings. The molecule has 1 atom stereocenters. The van der Waals surface area contributed by atoms with E-state index in [1.54, 1.807) is 18.2 Å². The van der Waals surface area contributed by atoms with Crippen molar-refractivity contribution >= 4 is 29.1 Å². The van der Waals surface area contributed by atoms with Crippen LogP contribution in [0, 0.1) is 5.41 Å². The monoisotopic (exact) mass is 478 g/mol. The SMILES string of the molecule is COC(=O)c1c(Cl)cccc1-c1ccc2c(c1)CCC2CC(=O)C1(CC(=O)C(F)(F)F)CC1. The third-order valence-electron chi connectivity index (χ3n) is 6.75. The third kappa shape index (κ3) is 4.56. The van der Waals surface area contributed by atoms with Crippen LogP contribution in [0.1, 0.15) is 59.5 Å². The maximum Gasteiger partial charge on any atom is 0.450 e. The third-order valence-corrected chi connectivity index (χ3v) is 7.07. The molecule has 1 unspecified atom stereocenters. The molecule has 2 aliphatic rings. The number of carbonyl (C=O) groups excluding carboxylic acids is 3. The zero-order valence-corrected chi connectivity index (χ0v) is 18.7. The van der Waals surface area contributed by atoms with Gasteiger partial charge in [0.05, 0.1) is 17.7 Å². The van der Waals surface area contributed by atoms with E-state index < -0.39 is 29.8 Å². The van der Waals surface area contributed by atoms with Gasteiger partial charge < -0.3 is 4.74 Å². The summed E-state index contributed by atoms with van der Waals surface area (Å²) in [5, 5.41) is 0.284. The zero-order valence-electron chi connectivity index (χ0n) is 17.9. The first kappa shape index (κ1) is 23.5. The summed E-state index contributed by atoms with van der Waals surface area (Å²) in [5.74, 6) is -2.72. The van der Waals surface area contributed by atoms with E-state index in [1.807, 2.05) is 18.2 Å². The fourth-order valence-corrected chi connectivity index (χ4v) is 4.96. The molecule has 0 heterocycles. The van der Waals surface area contributed by atoms with Crippen LogP contribution in [0.4, 0.5) is 13.2 Å². The number of aryl methyl sites for hydroxylation is 1. The highest BCUT2D eigenvalue weighted by Crippen LogP contribution is 2.53. The van der Waals surface area contributed by atoms with Gasteiger partial charge in [-0.05, 0) is 59.9 Å². The van der Waals surface area contributed by atoms with Crippen LogP contribution >= 0.6 is 11.6 Å². The number of Topliss-reactive ketones (excluding diaryl/α,β-unsaturated/α-hetero) is 2. The van der Waals surface area contributed by atoms with E-state index in [4.69, 9.17) is 16.3 Å². The normalized spacial score (nSPS) is 18.5. The molecule has 0 aliphatic heterocycles. The molecule has 8 heteroatoms. The van der Waals surface area contributed by atoms with Gasteiger partial charge in [0.1, 0.15) is 5.78 Å². The van der Waals surface area contributed by atoms with Crippen LogP contribution in [0.25, 0.3) is 11.1 Å². The molecular weight excluding hydrogens is 457 g/mol. The highest BCUT2D eigenvalue weighted by molar-refractivity contribution is 6.34. The minimum Gasteiger partial charge on any atom is -0.465 e. The maximum atomic E-state index is 12.8. The maximum absolute atomic E-state index is 12.8. The van der Waals surface area contributed by atoms with E-state index in [1.165, 1.54) is 7.11 Å². The van der Waals surface area contributed by atoms with Crippen LogP contribution in [0.5, 0.6) is 0 Å². The Morgan fingerprint density at radius 2 is 1.88 bits per heavy atom. The van der Waals surface area contributed by atoms with E-state index in [9.17, 15) is 27.6 Å². The molecule has 0 bridgehead atoms. The summed E-state index contributed by atoms with van der Waals surface area (Å²) >= 11 is 6.23. The molecule has 174 valence electrons. The molecule has 0 N–H and O–H groups in total. The van der Waals surface area contributed by atoms with Gasteiger partial charge in [0.2, 0.25) is 5.78 Å². The zero-order chi connectivity index (χ0) is 24.0. The first-order chi connectivity index (χ1) is 15.6. The lowest BCUT2D eigenvalue weighted by molar-refractivity contribution is -0.172. The summed E-state index contributed by atoms with van der Waals surface area (Å²) < 4.78 is 42.9. The smallest absolute Gasteiger partial charge is 0.450 e. The standard InChI is InChI=1S/C25H22ClF3O4/c1-33-23(32)22-18(3-2-4-19(22)26)15-7-8-17-14(11-15)5-6-16(17)12-20(30)24(9-10-24)13-21(31)25(27,28)29/h2-4,7-8,11,16H,5-6,9-10,12-13H2,1H3. The molecule has 33 heavy (non-hydrogen) atoms. The number of halogens is 4. The van der Waals surface area contributed by atoms with Gasteiger partial charge in [0, 0.05) is 18.3 Å². The molecule has 0 radical (unpaired) electrons. The largest absolute Gasteiger partial charge is 0.465 e. The Morgan fingerprint density at radius 1 is 1.15 bits per heavy atom. The van der Waals surface area contributed by atoms with Gasteiger partial charge in [0.25, 0.3) is 0 Å². The number of rotatable bonds is 7. The Morgan fingerprint density at radius 3 is 2.52 bits per heavy atom. The molecule has 0 saturated heterocycles. The Kier molecular flexibility index (Phi) is 6.12. The van der Waals surface area contributed by atoms with Crippen molar-refractivity contribution in [3.8, 4) is 11.1 Å². The van der Waals surface area contributed by atoms with Crippen LogP contribution in [0.3, 0.4) is 0 Å². The van der Waals surface area contributed by atoms with Gasteiger partial charge in [-0.3, -0.25) is 9.59 Å². The number of fused-ring (bicyclic) bond motifs is 1. The van der Waals surface area contributed by atoms with Crippen LogP contribution in [-0.2, 0) is 20.7 Å². The van der Waals surface area contributed by atoms with E-state index in [0.717, 1.165) is 16.7 Å². The van der Waals surface area contributed by atoms with Crippen molar-refractivity contribution < 1.29 is 32.3 Å². The quantitative estimate of drug-likeness (QED) is 0.452. The number of esters is 1. The summed E-state index contributed by atoms with van der Waals surface area (Å²) in [6, 6.07) is 10.8. The molecule has 0 aromatic heterocycles. The Balaban J connectivity index is 1.54. The van der Waals surface area contributed by atoms with Crippen molar-refractivity contribution in [2.75, 3.05) is 7.11 Å². The Labute approximate surface area is 194 Å². The average molecular weight is 479 g/mol. The van der Waals surface area contributed by atoms with Gasteiger partial charge in [0.15, 0.2) is 0 Å². The van der Waals surface area contributed by atoms with Crippen molar-refractivity contribution in [1.29, 1.82) is 0 Å². The predicted molar refractivity (Wildman–Crippen MR) is 116 cm³/mol. The van der Waals surface area contributed by atoms with Gasteiger partial charge in [-0.2, -0.15) is 13.2 Å². The fraction of sp³-hybridized carbons (Fsp3) is 0.400. The van der Waals surface area contributed by atoms with Gasteiger partial charge in [-0.15, -0.1) is 0 Å². The predicted octanol–water partition coefficient (Wildman–Crippen LogP) is 6.08. The second kappa shape index (κ2) is 8.60. The number of alkyl halides is 3. The molecule has 4 rings (SSSR count). The van der Waals surface area contributed by atoms with Crippen LogP contribution in [0.15, 0.2) is 36.4 Å². The van der Waals surface area contributed by atoms with E-state index in [-0.39, 0.29) is 28.7 Å². The average Bonchev–Trinajstić information content (AvgIpc) is 3.45. The molecule has 2 aromatic carbocycles. The van der Waals surface area contributed by atoms with Gasteiger partial charge in [-0.25, -0.2) is 4.79 Å². The summed E-state index contributed by atoms with van der Waals surface area (Å²) in [4.78, 5) is 36.5. The lowest BCUT2D eigenvalue weighted by Crippen LogP contribution is -2.29.